The van der Waals surface area contributed by atoms with Crippen molar-refractivity contribution in [1.82, 2.24) is 9.97 Å². The van der Waals surface area contributed by atoms with E-state index in [4.69, 9.17) is 9.57 Å². The summed E-state index contributed by atoms with van der Waals surface area (Å²) in [5, 5.41) is 3.82. The third-order valence-corrected chi connectivity index (χ3v) is 3.12. The van der Waals surface area contributed by atoms with Gasteiger partial charge in [-0.2, -0.15) is 0 Å². The van der Waals surface area contributed by atoms with Crippen LogP contribution in [-0.4, -0.2) is 22.2 Å². The third kappa shape index (κ3) is 4.12. The summed E-state index contributed by atoms with van der Waals surface area (Å²) < 4.78 is 45.7. The molecule has 1 aromatic heterocycles. The van der Waals surface area contributed by atoms with Crippen LogP contribution in [0.1, 0.15) is 23.9 Å². The summed E-state index contributed by atoms with van der Waals surface area (Å²) in [5.74, 6) is 1.09. The molecule has 1 aliphatic rings. The summed E-state index contributed by atoms with van der Waals surface area (Å²) in [6.45, 7) is 1.75. The predicted molar refractivity (Wildman–Crippen MR) is 76.4 cm³/mol. The van der Waals surface area contributed by atoms with Crippen molar-refractivity contribution in [3.63, 3.8) is 0 Å². The molecule has 2 aromatic rings. The highest BCUT2D eigenvalue weighted by atomic mass is 19.4. The maximum Gasteiger partial charge on any atom is 0.573 e. The minimum Gasteiger partial charge on any atom is -0.436 e. The van der Waals surface area contributed by atoms with Gasteiger partial charge in [0.2, 0.25) is 5.90 Å². The van der Waals surface area contributed by atoms with E-state index in [-0.39, 0.29) is 5.75 Å². The van der Waals surface area contributed by atoms with Crippen molar-refractivity contribution in [1.29, 1.82) is 0 Å². The smallest absolute Gasteiger partial charge is 0.436 e. The minimum absolute atomic E-state index is 0.293. The first-order chi connectivity index (χ1) is 11.4. The van der Waals surface area contributed by atoms with E-state index >= 15 is 0 Å². The van der Waals surface area contributed by atoms with E-state index in [1.54, 1.807) is 6.92 Å². The van der Waals surface area contributed by atoms with Gasteiger partial charge in [0, 0.05) is 0 Å². The van der Waals surface area contributed by atoms with Gasteiger partial charge < -0.3 is 14.3 Å². The topological polar surface area (TPSA) is 65.8 Å². The Morgan fingerprint density at radius 1 is 1.08 bits per heavy atom. The number of nitrogens with zero attached hydrogens (tertiary/aromatic N) is 3. The Bertz CT molecular complexity index is 730. The molecule has 0 saturated heterocycles. The fraction of sp³-hybridized carbons (Fsp3) is 0.267. The van der Waals surface area contributed by atoms with Crippen molar-refractivity contribution >= 4 is 5.90 Å². The van der Waals surface area contributed by atoms with Crippen molar-refractivity contribution in [2.75, 3.05) is 0 Å². The fourth-order valence-corrected chi connectivity index (χ4v) is 2.05. The summed E-state index contributed by atoms with van der Waals surface area (Å²) in [7, 11) is 0. The number of benzene rings is 1. The number of oxime groups is 1. The van der Waals surface area contributed by atoms with Gasteiger partial charge in [0.25, 0.3) is 0 Å². The largest absolute Gasteiger partial charge is 0.573 e. The monoisotopic (exact) mass is 339 g/mol. The second-order valence-corrected chi connectivity index (χ2v) is 4.97. The average Bonchev–Trinajstić information content (AvgIpc) is 2.97. The van der Waals surface area contributed by atoms with Crippen LogP contribution in [0.2, 0.25) is 0 Å². The third-order valence-electron chi connectivity index (χ3n) is 3.12. The maximum atomic E-state index is 12.1. The highest BCUT2D eigenvalue weighted by molar-refractivity contribution is 5.79. The van der Waals surface area contributed by atoms with Crippen molar-refractivity contribution in [3.05, 3.63) is 48.0 Å². The van der Waals surface area contributed by atoms with Crippen molar-refractivity contribution < 1.29 is 27.5 Å². The van der Waals surface area contributed by atoms with E-state index in [2.05, 4.69) is 19.9 Å². The summed E-state index contributed by atoms with van der Waals surface area (Å²) in [6, 6.07) is 5.41. The quantitative estimate of drug-likeness (QED) is 0.856. The maximum absolute atomic E-state index is 12.1. The van der Waals surface area contributed by atoms with Crippen LogP contribution in [0, 0.1) is 6.92 Å². The van der Waals surface area contributed by atoms with E-state index in [9.17, 15) is 13.2 Å². The zero-order valence-corrected chi connectivity index (χ0v) is 12.4. The molecule has 3 rings (SSSR count). The van der Waals surface area contributed by atoms with Crippen LogP contribution in [0.5, 0.6) is 11.5 Å². The van der Waals surface area contributed by atoms with Gasteiger partial charge in [-0.05, 0) is 24.6 Å². The first kappa shape index (κ1) is 16.0. The highest BCUT2D eigenvalue weighted by Crippen LogP contribution is 2.30. The molecule has 6 nitrogen and oxygen atoms in total. The Morgan fingerprint density at radius 3 is 2.38 bits per heavy atom. The lowest BCUT2D eigenvalue weighted by Gasteiger charge is -2.11. The Morgan fingerprint density at radius 2 is 1.75 bits per heavy atom. The second-order valence-electron chi connectivity index (χ2n) is 4.97. The number of rotatable bonds is 3. The Labute approximate surface area is 134 Å². The number of aryl methyl sites for hydroxylation is 1. The summed E-state index contributed by atoms with van der Waals surface area (Å²) in [5.41, 5.74) is 0.659. The van der Waals surface area contributed by atoms with Gasteiger partial charge in [0.05, 0.1) is 18.8 Å². The number of hydrogen-bond donors (Lipinski definition) is 0. The molecule has 0 amide bonds. The summed E-state index contributed by atoms with van der Waals surface area (Å²) in [6.07, 6.45) is -1.78. The lowest BCUT2D eigenvalue weighted by Crippen LogP contribution is -2.17. The standard InChI is InChI=1S/C15H12F3N3O3/c1-9-19-7-12(8-20-9)22-14-6-13(24-21-14)10-2-4-11(5-3-10)23-15(16,17)18/h2-5,7-8,13H,6H2,1H3/t13-/m1/s1. The molecule has 0 spiro atoms. The number of ether oxygens (including phenoxy) is 2. The summed E-state index contributed by atoms with van der Waals surface area (Å²) >= 11 is 0. The number of halogens is 3. The van der Waals surface area contributed by atoms with E-state index in [0.717, 1.165) is 0 Å². The van der Waals surface area contributed by atoms with Gasteiger partial charge in [-0.3, -0.25) is 0 Å². The molecule has 1 aromatic carbocycles. The van der Waals surface area contributed by atoms with Crippen molar-refractivity contribution in [3.8, 4) is 11.5 Å². The van der Waals surface area contributed by atoms with E-state index < -0.39 is 12.5 Å². The zero-order chi connectivity index (χ0) is 17.2. The van der Waals surface area contributed by atoms with Crippen LogP contribution < -0.4 is 9.47 Å². The minimum atomic E-state index is -4.72. The average molecular weight is 339 g/mol. The second kappa shape index (κ2) is 6.34. The molecule has 0 unspecified atom stereocenters. The molecule has 1 aliphatic heterocycles. The molecule has 1 atom stereocenters. The van der Waals surface area contributed by atoms with Crippen LogP contribution in [0.3, 0.4) is 0 Å². The van der Waals surface area contributed by atoms with Gasteiger partial charge in [-0.25, -0.2) is 9.97 Å². The van der Waals surface area contributed by atoms with Crippen molar-refractivity contribution in [2.45, 2.75) is 25.8 Å². The number of hydrogen-bond acceptors (Lipinski definition) is 6. The SMILES string of the molecule is Cc1ncc(OC2=NO[C@@H](c3ccc(OC(F)(F)F)cc3)C2)cn1. The van der Waals surface area contributed by atoms with Gasteiger partial charge >= 0.3 is 6.36 Å². The van der Waals surface area contributed by atoms with Gasteiger partial charge in [0.15, 0.2) is 11.9 Å². The molecule has 0 saturated carbocycles. The van der Waals surface area contributed by atoms with Gasteiger partial charge in [-0.15, -0.1) is 13.2 Å². The molecular formula is C15H12F3N3O3. The molecule has 0 N–H and O–H groups in total. The molecule has 0 radical (unpaired) electrons. The molecule has 0 fully saturated rings. The first-order valence-corrected chi connectivity index (χ1v) is 6.94. The van der Waals surface area contributed by atoms with E-state index in [0.29, 0.717) is 29.5 Å². The highest BCUT2D eigenvalue weighted by Gasteiger charge is 2.31. The molecular weight excluding hydrogens is 327 g/mol. The first-order valence-electron chi connectivity index (χ1n) is 6.94. The number of aromatic nitrogens is 2. The van der Waals surface area contributed by atoms with E-state index in [1.807, 2.05) is 0 Å². The lowest BCUT2D eigenvalue weighted by atomic mass is 10.1. The zero-order valence-electron chi connectivity index (χ0n) is 12.4. The van der Waals surface area contributed by atoms with E-state index in [1.165, 1.54) is 36.7 Å². The molecule has 126 valence electrons. The normalized spacial score (nSPS) is 17.2. The Kier molecular flexibility index (Phi) is 4.24. The molecule has 0 aliphatic carbocycles. The Balaban J connectivity index is 1.59. The summed E-state index contributed by atoms with van der Waals surface area (Å²) in [4.78, 5) is 13.2. The molecule has 2 heterocycles. The molecule has 24 heavy (non-hydrogen) atoms. The van der Waals surface area contributed by atoms with Crippen LogP contribution in [0.4, 0.5) is 13.2 Å². The van der Waals surface area contributed by atoms with Gasteiger partial charge in [-0.1, -0.05) is 17.3 Å². The fourth-order valence-electron chi connectivity index (χ4n) is 2.05. The molecule has 9 heteroatoms. The van der Waals surface area contributed by atoms with Crippen molar-refractivity contribution in [2.24, 2.45) is 5.16 Å². The van der Waals surface area contributed by atoms with Crippen LogP contribution in [0.25, 0.3) is 0 Å². The van der Waals surface area contributed by atoms with Crippen LogP contribution in [-0.2, 0) is 4.84 Å². The van der Waals surface area contributed by atoms with Crippen LogP contribution in [0.15, 0.2) is 41.8 Å². The van der Waals surface area contributed by atoms with Gasteiger partial charge in [0.1, 0.15) is 11.6 Å². The number of alkyl halides is 3. The predicted octanol–water partition coefficient (Wildman–Crippen LogP) is 3.54. The lowest BCUT2D eigenvalue weighted by molar-refractivity contribution is -0.274. The molecule has 0 bridgehead atoms. The van der Waals surface area contributed by atoms with Crippen LogP contribution >= 0.6 is 0 Å². The Hall–Kier alpha value is -2.84.